The van der Waals surface area contributed by atoms with E-state index in [2.05, 4.69) is 4.90 Å². The van der Waals surface area contributed by atoms with Gasteiger partial charge < -0.3 is 10.0 Å². The molecule has 106 valence electrons. The van der Waals surface area contributed by atoms with E-state index in [0.717, 1.165) is 25.9 Å². The number of nitrogens with zero attached hydrogens (tertiary/aromatic N) is 2. The molecular formula is C13H20N2O3S. The summed E-state index contributed by atoms with van der Waals surface area (Å²) in [5, 5.41) is 9.23. The second-order valence-corrected chi connectivity index (χ2v) is 7.07. The molecule has 5 nitrogen and oxygen atoms in total. The summed E-state index contributed by atoms with van der Waals surface area (Å²) < 4.78 is 26.4. The van der Waals surface area contributed by atoms with Gasteiger partial charge in [-0.2, -0.15) is 4.31 Å². The molecule has 0 aliphatic carbocycles. The van der Waals surface area contributed by atoms with Crippen LogP contribution in [0.25, 0.3) is 0 Å². The van der Waals surface area contributed by atoms with Gasteiger partial charge in [0, 0.05) is 19.6 Å². The number of sulfonamides is 1. The molecule has 1 heterocycles. The number of benzene rings is 1. The van der Waals surface area contributed by atoms with Crippen LogP contribution in [-0.2, 0) is 10.0 Å². The maximum absolute atomic E-state index is 12.5. The zero-order chi connectivity index (χ0) is 14.0. The van der Waals surface area contributed by atoms with E-state index in [1.807, 2.05) is 7.05 Å². The van der Waals surface area contributed by atoms with Crippen LogP contribution in [0.1, 0.15) is 12.8 Å². The summed E-state index contributed by atoms with van der Waals surface area (Å²) in [4.78, 5) is 2.37. The maximum Gasteiger partial charge on any atom is 0.243 e. The Bertz CT molecular complexity index is 527. The first-order valence-corrected chi connectivity index (χ1v) is 7.81. The van der Waals surface area contributed by atoms with Crippen molar-refractivity contribution in [3.63, 3.8) is 0 Å². The summed E-state index contributed by atoms with van der Waals surface area (Å²) in [6.45, 7) is 1.78. The molecule has 1 aromatic carbocycles. The Labute approximate surface area is 114 Å². The number of aromatic hydroxyl groups is 1. The summed E-state index contributed by atoms with van der Waals surface area (Å²) in [7, 11) is 0.155. The highest BCUT2D eigenvalue weighted by Gasteiger charge is 2.30. The summed E-state index contributed by atoms with van der Waals surface area (Å²) in [6.07, 6.45) is 1.90. The van der Waals surface area contributed by atoms with Gasteiger partial charge in [0.15, 0.2) is 0 Å². The van der Waals surface area contributed by atoms with Crippen LogP contribution in [0.15, 0.2) is 29.2 Å². The predicted molar refractivity (Wildman–Crippen MR) is 73.6 cm³/mol. The largest absolute Gasteiger partial charge is 0.508 e. The van der Waals surface area contributed by atoms with Crippen molar-refractivity contribution in [3.8, 4) is 5.75 Å². The van der Waals surface area contributed by atoms with Crippen molar-refractivity contribution >= 4 is 10.0 Å². The lowest BCUT2D eigenvalue weighted by molar-refractivity contribution is 0.187. The molecule has 0 aromatic heterocycles. The first-order chi connectivity index (χ1) is 8.91. The van der Waals surface area contributed by atoms with Gasteiger partial charge >= 0.3 is 0 Å². The number of rotatable bonds is 3. The van der Waals surface area contributed by atoms with Crippen molar-refractivity contribution in [1.29, 1.82) is 0 Å². The van der Waals surface area contributed by atoms with Crippen LogP contribution in [-0.4, -0.2) is 56.0 Å². The van der Waals surface area contributed by atoms with Gasteiger partial charge in [-0.15, -0.1) is 0 Å². The number of hydrogen-bond donors (Lipinski definition) is 1. The maximum atomic E-state index is 12.5. The summed E-state index contributed by atoms with van der Waals surface area (Å²) in [5.74, 6) is 0.0685. The number of piperidine rings is 1. The minimum atomic E-state index is -3.48. The van der Waals surface area contributed by atoms with Gasteiger partial charge in [-0.05, 0) is 50.7 Å². The van der Waals surface area contributed by atoms with Crippen LogP contribution >= 0.6 is 0 Å². The zero-order valence-corrected chi connectivity index (χ0v) is 12.1. The summed E-state index contributed by atoms with van der Waals surface area (Å²) >= 11 is 0. The first kappa shape index (κ1) is 14.3. The van der Waals surface area contributed by atoms with Crippen molar-refractivity contribution in [1.82, 2.24) is 9.21 Å². The molecule has 1 saturated heterocycles. The van der Waals surface area contributed by atoms with Crippen LogP contribution in [0.4, 0.5) is 0 Å². The number of phenols is 1. The van der Waals surface area contributed by atoms with Crippen molar-refractivity contribution in [3.05, 3.63) is 24.3 Å². The molecule has 0 spiro atoms. The van der Waals surface area contributed by atoms with E-state index in [4.69, 9.17) is 0 Å². The van der Waals surface area contributed by atoms with Gasteiger partial charge in [0.25, 0.3) is 0 Å². The Kier molecular flexibility index (Phi) is 4.13. The van der Waals surface area contributed by atoms with Crippen molar-refractivity contribution < 1.29 is 13.5 Å². The van der Waals surface area contributed by atoms with E-state index >= 15 is 0 Å². The highest BCUT2D eigenvalue weighted by Crippen LogP contribution is 2.22. The molecule has 2 rings (SSSR count). The fraction of sp³-hybridized carbons (Fsp3) is 0.538. The normalized spacial score (nSPS) is 21.7. The predicted octanol–water partition coefficient (Wildman–Crippen LogP) is 1.11. The van der Waals surface area contributed by atoms with Crippen LogP contribution in [0.3, 0.4) is 0 Å². The first-order valence-electron chi connectivity index (χ1n) is 6.37. The smallest absolute Gasteiger partial charge is 0.243 e. The van der Waals surface area contributed by atoms with Crippen molar-refractivity contribution in [2.24, 2.45) is 0 Å². The lowest BCUT2D eigenvalue weighted by Crippen LogP contribution is -2.47. The van der Waals surface area contributed by atoms with Crippen LogP contribution in [0.5, 0.6) is 5.75 Å². The van der Waals surface area contributed by atoms with E-state index in [-0.39, 0.29) is 16.7 Å². The van der Waals surface area contributed by atoms with E-state index in [0.29, 0.717) is 0 Å². The zero-order valence-electron chi connectivity index (χ0n) is 11.3. The average Bonchev–Trinajstić information content (AvgIpc) is 2.38. The minimum absolute atomic E-state index is 0.0116. The third-order valence-electron chi connectivity index (χ3n) is 3.63. The molecule has 1 N–H and O–H groups in total. The molecule has 1 atom stereocenters. The molecule has 0 amide bonds. The SMILES string of the molecule is CN1CCCC(N(C)S(=O)(=O)c2ccc(O)cc2)C1. The molecule has 1 aliphatic heterocycles. The standard InChI is InChI=1S/C13H20N2O3S/c1-14-9-3-4-11(10-14)15(2)19(17,18)13-7-5-12(16)6-8-13/h5-8,11,16H,3-4,9-10H2,1-2H3. The van der Waals surface area contributed by atoms with E-state index in [1.165, 1.54) is 28.6 Å². The van der Waals surface area contributed by atoms with Crippen LogP contribution < -0.4 is 0 Å². The van der Waals surface area contributed by atoms with Gasteiger partial charge in [0.05, 0.1) is 4.90 Å². The molecule has 6 heteroatoms. The number of likely N-dealkylation sites (tertiary alicyclic amines) is 1. The average molecular weight is 284 g/mol. The van der Waals surface area contributed by atoms with Gasteiger partial charge in [-0.25, -0.2) is 8.42 Å². The Morgan fingerprint density at radius 1 is 1.32 bits per heavy atom. The molecule has 19 heavy (non-hydrogen) atoms. The lowest BCUT2D eigenvalue weighted by Gasteiger charge is -2.35. The fourth-order valence-corrected chi connectivity index (χ4v) is 3.79. The van der Waals surface area contributed by atoms with Gasteiger partial charge in [-0.3, -0.25) is 0 Å². The minimum Gasteiger partial charge on any atom is -0.508 e. The topological polar surface area (TPSA) is 60.9 Å². The van der Waals surface area contributed by atoms with E-state index in [9.17, 15) is 13.5 Å². The highest BCUT2D eigenvalue weighted by atomic mass is 32.2. The molecule has 0 saturated carbocycles. The van der Waals surface area contributed by atoms with Crippen LogP contribution in [0.2, 0.25) is 0 Å². The Balaban J connectivity index is 2.21. The molecule has 1 aliphatic rings. The number of hydrogen-bond acceptors (Lipinski definition) is 4. The lowest BCUT2D eigenvalue weighted by atomic mass is 10.1. The fourth-order valence-electron chi connectivity index (χ4n) is 2.42. The van der Waals surface area contributed by atoms with Gasteiger partial charge in [0.1, 0.15) is 5.75 Å². The number of likely N-dealkylation sites (N-methyl/N-ethyl adjacent to an activating group) is 2. The van der Waals surface area contributed by atoms with Gasteiger partial charge in [-0.1, -0.05) is 0 Å². The highest BCUT2D eigenvalue weighted by molar-refractivity contribution is 7.89. The summed E-state index contributed by atoms with van der Waals surface area (Å²) in [5.41, 5.74) is 0. The molecule has 0 bridgehead atoms. The quantitative estimate of drug-likeness (QED) is 0.903. The summed E-state index contributed by atoms with van der Waals surface area (Å²) in [6, 6.07) is 5.68. The molecular weight excluding hydrogens is 264 g/mol. The second-order valence-electron chi connectivity index (χ2n) is 5.07. The van der Waals surface area contributed by atoms with E-state index in [1.54, 1.807) is 7.05 Å². The Hall–Kier alpha value is -1.11. The Morgan fingerprint density at radius 2 is 1.95 bits per heavy atom. The number of phenolic OH excluding ortho intramolecular Hbond substituents is 1. The van der Waals surface area contributed by atoms with Gasteiger partial charge in [0.2, 0.25) is 10.0 Å². The van der Waals surface area contributed by atoms with Crippen molar-refractivity contribution in [2.45, 2.75) is 23.8 Å². The monoisotopic (exact) mass is 284 g/mol. The molecule has 1 fully saturated rings. The second kappa shape index (κ2) is 5.48. The molecule has 1 unspecified atom stereocenters. The van der Waals surface area contributed by atoms with Crippen molar-refractivity contribution in [2.75, 3.05) is 27.2 Å². The molecule has 0 radical (unpaired) electrons. The Morgan fingerprint density at radius 3 is 2.53 bits per heavy atom. The van der Waals surface area contributed by atoms with Crippen LogP contribution in [0, 0.1) is 0 Å². The molecule has 1 aromatic rings. The third kappa shape index (κ3) is 3.08. The van der Waals surface area contributed by atoms with E-state index < -0.39 is 10.0 Å². The third-order valence-corrected chi connectivity index (χ3v) is 5.55.